The summed E-state index contributed by atoms with van der Waals surface area (Å²) in [6.45, 7) is 16.2. The lowest BCUT2D eigenvalue weighted by atomic mass is 9.84. The molecule has 7 aromatic carbocycles. The molecule has 16 rings (SSSR count). The summed E-state index contributed by atoms with van der Waals surface area (Å²) in [5.74, 6) is -0.565. The van der Waals surface area contributed by atoms with Gasteiger partial charge in [-0.1, -0.05) is 197 Å². The zero-order valence-corrected chi connectivity index (χ0v) is 75.4. The van der Waals surface area contributed by atoms with Gasteiger partial charge in [-0.25, -0.2) is 15.0 Å². The molecule has 0 aliphatic carbocycles. The van der Waals surface area contributed by atoms with Gasteiger partial charge in [0.25, 0.3) is 0 Å². The van der Waals surface area contributed by atoms with Crippen LogP contribution in [0.4, 0.5) is 0 Å². The van der Waals surface area contributed by atoms with Crippen LogP contribution >= 0.6 is 69.6 Å². The molecular weight excluding hydrogens is 1770 g/mol. The molecule has 3 aliphatic heterocycles. The molecule has 2 saturated heterocycles. The van der Waals surface area contributed by atoms with Crippen LogP contribution in [-0.4, -0.2) is 191 Å². The molecule has 2 fully saturated rings. The number of hydrogen-bond donors (Lipinski definition) is 6. The highest BCUT2D eigenvalue weighted by Crippen LogP contribution is 2.36. The molecule has 13 aromatic rings. The number of nitrogens with zero attached hydrogens (tertiary/aromatic N) is 19. The maximum absolute atomic E-state index is 13.5. The minimum absolute atomic E-state index is 0.0161. The average molecular weight is 1860 g/mol. The Kier molecular flexibility index (Phi) is 29.9. The number of rotatable bonds is 24. The molecule has 129 heavy (non-hydrogen) atoms. The highest BCUT2D eigenvalue weighted by molar-refractivity contribution is 6.33. The van der Waals surface area contributed by atoms with Crippen molar-refractivity contribution in [2.24, 2.45) is 5.41 Å². The Labute approximate surface area is 771 Å². The fourth-order valence-corrected chi connectivity index (χ4v) is 16.4. The monoisotopic (exact) mass is 1850 g/mol. The Balaban J connectivity index is 0.000000156. The number of H-pyrrole nitrogens is 3. The predicted molar refractivity (Wildman–Crippen MR) is 491 cm³/mol. The average Bonchev–Trinajstić information content (AvgIpc) is 1.68. The molecule has 0 bridgehead atoms. The number of aryl methyl sites for hydroxylation is 3. The van der Waals surface area contributed by atoms with E-state index >= 15 is 0 Å². The molecule has 6 aromatic heterocycles. The summed E-state index contributed by atoms with van der Waals surface area (Å²) in [6.07, 6.45) is 15.9. The molecule has 3 aliphatic rings. The van der Waals surface area contributed by atoms with Crippen LogP contribution in [0.2, 0.25) is 30.5 Å². The van der Waals surface area contributed by atoms with Gasteiger partial charge < -0.3 is 50.5 Å². The number of benzene rings is 7. The topological polar surface area (TPSA) is 385 Å². The lowest BCUT2D eigenvalue weighted by Gasteiger charge is -2.38. The second-order valence-electron chi connectivity index (χ2n) is 32.0. The second-order valence-corrected chi connectivity index (χ2v) is 34.4. The molecule has 9 heterocycles. The first kappa shape index (κ1) is 91.8. The van der Waals surface area contributed by atoms with E-state index in [1.807, 2.05) is 123 Å². The minimum Gasteiger partial charge on any atom is -0.342 e. The molecular formula is C91H89Cl6N25O7. The van der Waals surface area contributed by atoms with E-state index in [2.05, 4.69) is 91.3 Å². The number of carbonyl (C=O) groups is 7. The van der Waals surface area contributed by atoms with E-state index in [0.717, 1.165) is 57.3 Å². The van der Waals surface area contributed by atoms with Crippen molar-refractivity contribution in [2.45, 2.75) is 111 Å². The number of aromatic amines is 3. The van der Waals surface area contributed by atoms with Crippen molar-refractivity contribution >= 4 is 129 Å². The third-order valence-electron chi connectivity index (χ3n) is 21.8. The molecule has 32 nitrogen and oxygen atoms in total. The summed E-state index contributed by atoms with van der Waals surface area (Å²) >= 11 is 38.4. The quantitative estimate of drug-likeness (QED) is 0.0306. The van der Waals surface area contributed by atoms with E-state index in [1.165, 1.54) is 58.2 Å². The van der Waals surface area contributed by atoms with Gasteiger partial charge in [-0.3, -0.25) is 33.6 Å². The number of piperidine rings is 1. The van der Waals surface area contributed by atoms with Gasteiger partial charge in [-0.15, -0.1) is 15.3 Å². The van der Waals surface area contributed by atoms with Gasteiger partial charge >= 0.3 is 0 Å². The molecule has 0 unspecified atom stereocenters. The van der Waals surface area contributed by atoms with Gasteiger partial charge in [0.05, 0.1) is 54.5 Å². The van der Waals surface area contributed by atoms with Crippen LogP contribution in [0.25, 0.3) is 69.1 Å². The number of likely N-dealkylation sites (tertiary alicyclic amines) is 1. The molecule has 7 amide bonds. The summed E-state index contributed by atoms with van der Waals surface area (Å²) < 4.78 is 4.41. The van der Waals surface area contributed by atoms with Crippen LogP contribution in [0.15, 0.2) is 189 Å². The summed E-state index contributed by atoms with van der Waals surface area (Å²) in [6, 6.07) is 44.5. The number of amides is 7. The number of fused-ring (bicyclic) bond motifs is 1. The van der Waals surface area contributed by atoms with E-state index in [4.69, 9.17) is 84.6 Å². The Morgan fingerprint density at radius 1 is 0.419 bits per heavy atom. The molecule has 3 atom stereocenters. The highest BCUT2D eigenvalue weighted by Gasteiger charge is 2.34. The first-order chi connectivity index (χ1) is 62.1. The number of carbonyl (C=O) groups excluding carboxylic acids is 7. The highest BCUT2D eigenvalue weighted by atomic mass is 35.5. The maximum atomic E-state index is 13.5. The van der Waals surface area contributed by atoms with Gasteiger partial charge in [0.15, 0.2) is 0 Å². The van der Waals surface area contributed by atoms with Gasteiger partial charge in [-0.05, 0) is 161 Å². The first-order valence-electron chi connectivity index (χ1n) is 41.3. The van der Waals surface area contributed by atoms with Crippen molar-refractivity contribution in [3.8, 4) is 50.8 Å². The van der Waals surface area contributed by atoms with Crippen LogP contribution in [-0.2, 0) is 46.7 Å². The summed E-state index contributed by atoms with van der Waals surface area (Å²) in [7, 11) is 0. The third-order valence-corrected chi connectivity index (χ3v) is 23.4. The summed E-state index contributed by atoms with van der Waals surface area (Å²) in [5.41, 5.74) is 13.4. The van der Waals surface area contributed by atoms with E-state index < -0.39 is 35.8 Å². The van der Waals surface area contributed by atoms with Crippen LogP contribution in [0.1, 0.15) is 139 Å². The lowest BCUT2D eigenvalue weighted by molar-refractivity contribution is -0.135. The smallest absolute Gasteiger partial charge is 0.244 e. The molecule has 38 heteroatoms. The van der Waals surface area contributed by atoms with Gasteiger partial charge in [0.2, 0.25) is 41.4 Å². The molecule has 6 N–H and O–H groups in total. The third kappa shape index (κ3) is 24.1. The number of imidazole rings is 3. The normalized spacial score (nSPS) is 14.4. The van der Waals surface area contributed by atoms with Crippen LogP contribution in [0.5, 0.6) is 0 Å². The summed E-state index contributed by atoms with van der Waals surface area (Å²) in [5, 5.41) is 45.1. The predicted octanol–water partition coefficient (Wildman–Crippen LogP) is 15.1. The van der Waals surface area contributed by atoms with Crippen molar-refractivity contribution in [1.29, 1.82) is 0 Å². The molecule has 0 spiro atoms. The van der Waals surface area contributed by atoms with Crippen molar-refractivity contribution in [3.63, 3.8) is 0 Å². The standard InChI is InChI=1S/C31H26Cl2N8O2.C30H31Cl2N9O3.C30H32Cl2N8O2/c1-19-6-8-20(9-7-19)29-30(33)37-31(36-29)25(15-28(43)40-16-22-4-2-3-5-23(22)17-40)35-27(42)13-10-21-14-24(32)11-12-26(21)41-18-34-38-39-41;1-19-4-6-21(7-5-19)28-29(32)36-30(35-28)24(17-27(44)40-13-3-12-39(14-15-40)20(2)42)34-26(43)11-8-22-16-23(31)9-10-25(22)41-18-33-37-38-41;1-19-5-7-20(8-6-19)27-28(32)36-29(35-27)23(16-26(42)39-14-4-13-30(2,3)17-39)34-25(41)12-9-21-15-22(31)10-11-24(21)40-18-33-37-38-40/h2-14,18,25H,15-17H2,1H3,(H,35,42)(H,36,37);4-11,16,18,24H,3,12-15,17H2,1-2H3,(H,34,43)(H,35,36);5-12,15,18,23H,4,13-14,16-17H2,1-3H3,(H,34,41)(H,35,36)/b13-10+;11-8+;12-9+/t25-;24-;23-/m000/s1. The van der Waals surface area contributed by atoms with Crippen molar-refractivity contribution in [2.75, 3.05) is 39.3 Å². The van der Waals surface area contributed by atoms with E-state index in [0.29, 0.717) is 158 Å². The number of hydrogen-bond acceptors (Lipinski definition) is 19. The van der Waals surface area contributed by atoms with Gasteiger partial charge in [-0.2, -0.15) is 14.0 Å². The number of nitrogens with one attached hydrogen (secondary N) is 6. The van der Waals surface area contributed by atoms with Gasteiger partial charge in [0.1, 0.15) is 69.0 Å². The fraction of sp³-hybridized carbons (Fsp3) is 0.264. The van der Waals surface area contributed by atoms with Gasteiger partial charge in [0, 0.05) is 126 Å². The lowest BCUT2D eigenvalue weighted by Crippen LogP contribution is -2.45. The van der Waals surface area contributed by atoms with E-state index in [-0.39, 0.29) is 48.3 Å². The SMILES string of the molecule is CC(=O)N1CCCN(C(=O)C[C@H](NC(=O)/C=C/c2cc(Cl)ccc2-n2cnnn2)c2nc(-c3ccc(C)cc3)c(Cl)[nH]2)CC1.Cc1ccc(-c2nc([C@H](CC(=O)N3CCCC(C)(C)C3)NC(=O)/C=C/c3cc(Cl)ccc3-n3cnnn3)[nH]c2Cl)cc1.Cc1ccc(-c2nc([C@H](CC(=O)N3Cc4ccccc4C3)NC(=O)/C=C/c3cc(Cl)ccc3-n3cnnn3)[nH]c2Cl)cc1. The second kappa shape index (κ2) is 42.0. The molecule has 662 valence electrons. The number of halogens is 6. The minimum atomic E-state index is -0.818. The van der Waals surface area contributed by atoms with Crippen LogP contribution < -0.4 is 16.0 Å². The summed E-state index contributed by atoms with van der Waals surface area (Å²) in [4.78, 5) is 123. The molecule has 0 saturated carbocycles. The Morgan fingerprint density at radius 3 is 1.09 bits per heavy atom. The number of tetrazole rings is 3. The largest absolute Gasteiger partial charge is 0.342 e. The van der Waals surface area contributed by atoms with Crippen molar-refractivity contribution < 1.29 is 33.6 Å². The first-order valence-corrected chi connectivity index (χ1v) is 43.5. The Bertz CT molecular complexity index is 6250. The van der Waals surface area contributed by atoms with Crippen LogP contribution in [0, 0.1) is 26.2 Å². The number of aromatic nitrogens is 18. The van der Waals surface area contributed by atoms with Crippen molar-refractivity contribution in [1.82, 2.24) is 126 Å². The van der Waals surface area contributed by atoms with E-state index in [9.17, 15) is 33.6 Å². The van der Waals surface area contributed by atoms with Crippen LogP contribution in [0.3, 0.4) is 0 Å². The van der Waals surface area contributed by atoms with Crippen molar-refractivity contribution in [3.05, 3.63) is 281 Å². The fourth-order valence-electron chi connectivity index (χ4n) is 15.1. The molecule has 0 radical (unpaired) electrons. The Hall–Kier alpha value is -13.4. The zero-order chi connectivity index (χ0) is 91.0. The zero-order valence-electron chi connectivity index (χ0n) is 70.9. The maximum Gasteiger partial charge on any atom is 0.244 e. The Morgan fingerprint density at radius 2 is 0.752 bits per heavy atom. The van der Waals surface area contributed by atoms with E-state index in [1.54, 1.807) is 87.5 Å².